The van der Waals surface area contributed by atoms with Gasteiger partial charge in [-0.25, -0.2) is 4.99 Å². The Labute approximate surface area is 152 Å². The highest BCUT2D eigenvalue weighted by Gasteiger charge is 2.26. The molecule has 2 aliphatic heterocycles. The van der Waals surface area contributed by atoms with Gasteiger partial charge < -0.3 is 21.7 Å². The van der Waals surface area contributed by atoms with Gasteiger partial charge in [0, 0.05) is 45.3 Å². The van der Waals surface area contributed by atoms with Crippen LogP contribution in [-0.4, -0.2) is 49.2 Å². The molecular formula is C16H22Cl2N6. The van der Waals surface area contributed by atoms with Crippen molar-refractivity contribution >= 4 is 34.8 Å². The van der Waals surface area contributed by atoms with Crippen LogP contribution in [0, 0.1) is 0 Å². The third-order valence-electron chi connectivity index (χ3n) is 4.43. The van der Waals surface area contributed by atoms with E-state index in [4.69, 9.17) is 34.7 Å². The van der Waals surface area contributed by atoms with Crippen LogP contribution in [0.25, 0.3) is 0 Å². The first kappa shape index (κ1) is 17.4. The van der Waals surface area contributed by atoms with Crippen molar-refractivity contribution in [2.75, 3.05) is 37.6 Å². The van der Waals surface area contributed by atoms with Gasteiger partial charge in [0.15, 0.2) is 5.96 Å². The summed E-state index contributed by atoms with van der Waals surface area (Å²) in [6.07, 6.45) is 4.27. The third kappa shape index (κ3) is 3.95. The summed E-state index contributed by atoms with van der Waals surface area (Å²) in [5.41, 5.74) is 12.4. The first-order chi connectivity index (χ1) is 11.5. The number of guanidine groups is 1. The van der Waals surface area contributed by atoms with Crippen LogP contribution in [0.15, 0.2) is 35.5 Å². The molecule has 8 heteroatoms. The fraction of sp³-hybridized carbons (Fsp3) is 0.438. The molecule has 3 rings (SSSR count). The molecule has 2 heterocycles. The maximum Gasteiger partial charge on any atom is 0.194 e. The fourth-order valence-electron chi connectivity index (χ4n) is 3.00. The monoisotopic (exact) mass is 368 g/mol. The minimum atomic E-state index is -0.626. The highest BCUT2D eigenvalue weighted by Crippen LogP contribution is 2.32. The Morgan fingerprint density at radius 3 is 2.67 bits per heavy atom. The van der Waals surface area contributed by atoms with Crippen LogP contribution in [0.4, 0.5) is 5.69 Å². The molecule has 1 aromatic rings. The molecule has 0 aliphatic carbocycles. The molecule has 24 heavy (non-hydrogen) atoms. The lowest BCUT2D eigenvalue weighted by atomic mass is 10.1. The SMILES string of the molecule is NC1=NC=CC(N)(CCN2CCN(c3cccc(Cl)c3Cl)CC2)N1. The second-order valence-corrected chi connectivity index (χ2v) is 6.93. The summed E-state index contributed by atoms with van der Waals surface area (Å²) in [6, 6.07) is 5.75. The highest BCUT2D eigenvalue weighted by molar-refractivity contribution is 6.43. The van der Waals surface area contributed by atoms with Gasteiger partial charge in [-0.1, -0.05) is 29.3 Å². The molecule has 1 aromatic carbocycles. The van der Waals surface area contributed by atoms with Gasteiger partial charge >= 0.3 is 0 Å². The van der Waals surface area contributed by atoms with Crippen LogP contribution in [0.2, 0.25) is 10.0 Å². The van der Waals surface area contributed by atoms with Gasteiger partial charge in [0.25, 0.3) is 0 Å². The van der Waals surface area contributed by atoms with E-state index in [1.807, 2.05) is 24.3 Å². The van der Waals surface area contributed by atoms with Crippen molar-refractivity contribution < 1.29 is 0 Å². The van der Waals surface area contributed by atoms with E-state index < -0.39 is 5.66 Å². The van der Waals surface area contributed by atoms with Crippen LogP contribution in [0.3, 0.4) is 0 Å². The summed E-state index contributed by atoms with van der Waals surface area (Å²) in [5, 5.41) is 4.25. The molecule has 2 aliphatic rings. The number of nitrogens with one attached hydrogen (secondary N) is 1. The molecule has 1 fully saturated rings. The summed E-state index contributed by atoms with van der Waals surface area (Å²) in [5.74, 6) is 0.361. The predicted molar refractivity (Wildman–Crippen MR) is 101 cm³/mol. The molecule has 1 unspecified atom stereocenters. The summed E-state index contributed by atoms with van der Waals surface area (Å²) in [6.45, 7) is 4.60. The van der Waals surface area contributed by atoms with Crippen molar-refractivity contribution in [1.82, 2.24) is 10.2 Å². The molecule has 0 amide bonds. The fourth-order valence-corrected chi connectivity index (χ4v) is 3.42. The lowest BCUT2D eigenvalue weighted by Crippen LogP contribution is -2.59. The Morgan fingerprint density at radius 1 is 1.21 bits per heavy atom. The quantitative estimate of drug-likeness (QED) is 0.751. The van der Waals surface area contributed by atoms with Crippen molar-refractivity contribution in [3.05, 3.63) is 40.5 Å². The molecule has 0 spiro atoms. The molecule has 1 atom stereocenters. The van der Waals surface area contributed by atoms with Crippen LogP contribution in [0.5, 0.6) is 0 Å². The molecule has 0 saturated carbocycles. The molecule has 0 aromatic heterocycles. The minimum Gasteiger partial charge on any atom is -0.370 e. The molecule has 5 N–H and O–H groups in total. The van der Waals surface area contributed by atoms with E-state index in [-0.39, 0.29) is 0 Å². The maximum atomic E-state index is 6.31. The van der Waals surface area contributed by atoms with Crippen LogP contribution in [0.1, 0.15) is 6.42 Å². The molecule has 0 bridgehead atoms. The van der Waals surface area contributed by atoms with Crippen LogP contribution >= 0.6 is 23.2 Å². The van der Waals surface area contributed by atoms with E-state index in [2.05, 4.69) is 20.1 Å². The van der Waals surface area contributed by atoms with Crippen LogP contribution < -0.4 is 21.7 Å². The van der Waals surface area contributed by atoms with Crippen LogP contribution in [-0.2, 0) is 0 Å². The van der Waals surface area contributed by atoms with Crippen molar-refractivity contribution in [2.45, 2.75) is 12.1 Å². The Morgan fingerprint density at radius 2 is 1.96 bits per heavy atom. The number of halogens is 2. The zero-order valence-corrected chi connectivity index (χ0v) is 14.9. The third-order valence-corrected chi connectivity index (χ3v) is 5.24. The summed E-state index contributed by atoms with van der Waals surface area (Å²) < 4.78 is 0. The molecule has 6 nitrogen and oxygen atoms in total. The first-order valence-corrected chi connectivity index (χ1v) is 8.72. The van der Waals surface area contributed by atoms with E-state index >= 15 is 0 Å². The Kier molecular flexibility index (Phi) is 5.20. The number of hydrogen-bond acceptors (Lipinski definition) is 6. The zero-order chi connectivity index (χ0) is 17.2. The average molecular weight is 369 g/mol. The molecule has 130 valence electrons. The summed E-state index contributed by atoms with van der Waals surface area (Å²) >= 11 is 12.4. The highest BCUT2D eigenvalue weighted by atomic mass is 35.5. The number of piperazine rings is 1. The van der Waals surface area contributed by atoms with E-state index in [0.29, 0.717) is 16.0 Å². The molecule has 1 saturated heterocycles. The number of rotatable bonds is 4. The van der Waals surface area contributed by atoms with Crippen molar-refractivity contribution in [1.29, 1.82) is 0 Å². The van der Waals surface area contributed by atoms with Crippen molar-refractivity contribution in [3.63, 3.8) is 0 Å². The number of anilines is 1. The van der Waals surface area contributed by atoms with Gasteiger partial charge in [-0.05, 0) is 18.2 Å². The van der Waals surface area contributed by atoms with Gasteiger partial charge in [-0.3, -0.25) is 4.90 Å². The van der Waals surface area contributed by atoms with Gasteiger partial charge in [-0.15, -0.1) is 0 Å². The number of hydrogen-bond donors (Lipinski definition) is 3. The van der Waals surface area contributed by atoms with E-state index in [1.54, 1.807) is 6.20 Å². The normalized spacial score (nSPS) is 24.6. The zero-order valence-electron chi connectivity index (χ0n) is 13.4. The van der Waals surface area contributed by atoms with E-state index in [9.17, 15) is 0 Å². The Hall–Kier alpha value is -1.47. The maximum absolute atomic E-state index is 6.31. The number of benzene rings is 1. The topological polar surface area (TPSA) is 82.9 Å². The van der Waals surface area contributed by atoms with Gasteiger partial charge in [0.1, 0.15) is 5.66 Å². The second-order valence-electron chi connectivity index (χ2n) is 6.15. The lowest BCUT2D eigenvalue weighted by Gasteiger charge is -2.38. The number of nitrogens with two attached hydrogens (primary N) is 2. The largest absolute Gasteiger partial charge is 0.370 e. The standard InChI is InChI=1S/C16H22Cl2N6/c17-12-2-1-3-13(14(12)18)24-10-8-23(9-11-24)7-5-16(20)4-6-21-15(19)22-16/h1-4,6H,5,7-11,20H2,(H3,19,21,22). The van der Waals surface area contributed by atoms with Gasteiger partial charge in [-0.2, -0.15) is 0 Å². The second kappa shape index (κ2) is 7.19. The molecule has 0 radical (unpaired) electrons. The summed E-state index contributed by atoms with van der Waals surface area (Å²) in [7, 11) is 0. The number of aliphatic imine (C=N–C) groups is 1. The smallest absolute Gasteiger partial charge is 0.194 e. The van der Waals surface area contributed by atoms with Gasteiger partial charge in [0.05, 0.1) is 15.7 Å². The summed E-state index contributed by atoms with van der Waals surface area (Å²) in [4.78, 5) is 8.62. The van der Waals surface area contributed by atoms with E-state index in [0.717, 1.165) is 44.8 Å². The lowest BCUT2D eigenvalue weighted by molar-refractivity contribution is 0.233. The predicted octanol–water partition coefficient (Wildman–Crippen LogP) is 1.59. The Bertz CT molecular complexity index is 654. The molecular weight excluding hydrogens is 347 g/mol. The van der Waals surface area contributed by atoms with E-state index in [1.165, 1.54) is 0 Å². The number of nitrogens with zero attached hydrogens (tertiary/aromatic N) is 3. The first-order valence-electron chi connectivity index (χ1n) is 7.96. The van der Waals surface area contributed by atoms with Gasteiger partial charge in [0.2, 0.25) is 0 Å². The Balaban J connectivity index is 1.52. The minimum absolute atomic E-state index is 0.361. The van der Waals surface area contributed by atoms with Crippen molar-refractivity contribution in [3.8, 4) is 0 Å². The average Bonchev–Trinajstić information content (AvgIpc) is 2.56. The van der Waals surface area contributed by atoms with Crippen molar-refractivity contribution in [2.24, 2.45) is 16.5 Å².